The predicted molar refractivity (Wildman–Crippen MR) is 59.0 cm³/mol. The normalized spacial score (nSPS) is 11.0. The van der Waals surface area contributed by atoms with E-state index in [0.717, 1.165) is 13.2 Å². The van der Waals surface area contributed by atoms with Crippen molar-refractivity contribution < 1.29 is 0 Å². The van der Waals surface area contributed by atoms with Crippen molar-refractivity contribution in [3.8, 4) is 0 Å². The molecule has 3 heteroatoms. The zero-order chi connectivity index (χ0) is 9.23. The first-order valence-electron chi connectivity index (χ1n) is 5.29. The standard InChI is InChI=1S/C9H24N2Si/c1-4-7-12(8-5-2)11-9-10-6-3/h10-12H,4-9H2,1-3H3. The number of nitrogens with one attached hydrogen (secondary N) is 2. The van der Waals surface area contributed by atoms with Gasteiger partial charge >= 0.3 is 0 Å². The highest BCUT2D eigenvalue weighted by Gasteiger charge is 2.06. The van der Waals surface area contributed by atoms with Crippen molar-refractivity contribution in [2.45, 2.75) is 45.7 Å². The monoisotopic (exact) mass is 188 g/mol. The van der Waals surface area contributed by atoms with E-state index in [0.29, 0.717) is 0 Å². The van der Waals surface area contributed by atoms with Crippen LogP contribution < -0.4 is 10.3 Å². The van der Waals surface area contributed by atoms with Crippen LogP contribution in [0.4, 0.5) is 0 Å². The first kappa shape index (κ1) is 12.1. The Balaban J connectivity index is 3.34. The zero-order valence-corrected chi connectivity index (χ0v) is 9.97. The van der Waals surface area contributed by atoms with Gasteiger partial charge in [-0.05, 0) is 18.6 Å². The summed E-state index contributed by atoms with van der Waals surface area (Å²) in [5.74, 6) is 0. The Morgan fingerprint density at radius 2 is 1.58 bits per heavy atom. The fourth-order valence-corrected chi connectivity index (χ4v) is 3.91. The molecule has 74 valence electrons. The molecule has 0 fully saturated rings. The largest absolute Gasteiger partial charge is 0.328 e. The van der Waals surface area contributed by atoms with Gasteiger partial charge in [-0.2, -0.15) is 0 Å². The maximum atomic E-state index is 3.65. The van der Waals surface area contributed by atoms with Gasteiger partial charge in [0.25, 0.3) is 0 Å². The maximum Gasteiger partial charge on any atom is 0.110 e. The summed E-state index contributed by atoms with van der Waals surface area (Å²) in [6, 6.07) is 2.89. The molecule has 0 radical (unpaired) electrons. The summed E-state index contributed by atoms with van der Waals surface area (Å²) >= 11 is 0. The Morgan fingerprint density at radius 1 is 1.00 bits per heavy atom. The van der Waals surface area contributed by atoms with E-state index >= 15 is 0 Å². The van der Waals surface area contributed by atoms with E-state index in [1.54, 1.807) is 0 Å². The van der Waals surface area contributed by atoms with E-state index in [2.05, 4.69) is 31.1 Å². The van der Waals surface area contributed by atoms with Gasteiger partial charge in [0.15, 0.2) is 0 Å². The van der Waals surface area contributed by atoms with Crippen molar-refractivity contribution in [3.05, 3.63) is 0 Å². The van der Waals surface area contributed by atoms with Gasteiger partial charge in [0.2, 0.25) is 0 Å². The summed E-state index contributed by atoms with van der Waals surface area (Å²) < 4.78 is 0. The second-order valence-corrected chi connectivity index (χ2v) is 6.22. The fraction of sp³-hybridized carbons (Fsp3) is 1.00. The molecule has 0 heterocycles. The van der Waals surface area contributed by atoms with Crippen LogP contribution in [0.2, 0.25) is 12.1 Å². The van der Waals surface area contributed by atoms with Crippen LogP contribution in [0.1, 0.15) is 33.6 Å². The van der Waals surface area contributed by atoms with Crippen LogP contribution in [0, 0.1) is 0 Å². The summed E-state index contributed by atoms with van der Waals surface area (Å²) in [7, 11) is -0.578. The van der Waals surface area contributed by atoms with Crippen LogP contribution >= 0.6 is 0 Å². The SMILES string of the molecule is CCC[SiH](CCC)NCNCC. The minimum Gasteiger partial charge on any atom is -0.328 e. The lowest BCUT2D eigenvalue weighted by Crippen LogP contribution is -2.40. The predicted octanol–water partition coefficient (Wildman–Crippen LogP) is 1.69. The second-order valence-electron chi connectivity index (χ2n) is 3.26. The van der Waals surface area contributed by atoms with E-state index < -0.39 is 8.96 Å². The molecule has 0 saturated carbocycles. The van der Waals surface area contributed by atoms with Crippen LogP contribution in [0.3, 0.4) is 0 Å². The Hall–Kier alpha value is 0.137. The van der Waals surface area contributed by atoms with Gasteiger partial charge in [-0.25, -0.2) is 0 Å². The van der Waals surface area contributed by atoms with Gasteiger partial charge in [-0.3, -0.25) is 0 Å². The van der Waals surface area contributed by atoms with Crippen LogP contribution in [-0.2, 0) is 0 Å². The van der Waals surface area contributed by atoms with Crippen molar-refractivity contribution in [3.63, 3.8) is 0 Å². The molecule has 0 aromatic rings. The van der Waals surface area contributed by atoms with Crippen molar-refractivity contribution in [2.75, 3.05) is 13.2 Å². The van der Waals surface area contributed by atoms with E-state index in [-0.39, 0.29) is 0 Å². The van der Waals surface area contributed by atoms with Gasteiger partial charge in [0.1, 0.15) is 8.96 Å². The summed E-state index contributed by atoms with van der Waals surface area (Å²) in [6.07, 6.45) is 2.69. The second kappa shape index (κ2) is 9.23. The van der Waals surface area contributed by atoms with Gasteiger partial charge in [0, 0.05) is 6.67 Å². The van der Waals surface area contributed by atoms with Gasteiger partial charge in [-0.15, -0.1) is 0 Å². The lowest BCUT2D eigenvalue weighted by Gasteiger charge is -2.15. The molecule has 0 aromatic heterocycles. The molecule has 2 N–H and O–H groups in total. The van der Waals surface area contributed by atoms with E-state index in [9.17, 15) is 0 Å². The third-order valence-electron chi connectivity index (χ3n) is 2.04. The Bertz CT molecular complexity index is 82.6. The quantitative estimate of drug-likeness (QED) is 0.344. The van der Waals surface area contributed by atoms with Crippen LogP contribution in [0.15, 0.2) is 0 Å². The van der Waals surface area contributed by atoms with Gasteiger partial charge in [-0.1, -0.05) is 33.6 Å². The van der Waals surface area contributed by atoms with E-state index in [1.165, 1.54) is 24.9 Å². The van der Waals surface area contributed by atoms with Gasteiger partial charge in [0.05, 0.1) is 0 Å². The van der Waals surface area contributed by atoms with E-state index in [1.807, 2.05) is 0 Å². The first-order valence-corrected chi connectivity index (χ1v) is 7.50. The van der Waals surface area contributed by atoms with Crippen molar-refractivity contribution in [2.24, 2.45) is 0 Å². The molecule has 0 aliphatic carbocycles. The summed E-state index contributed by atoms with van der Waals surface area (Å²) in [5.41, 5.74) is 0. The molecule has 12 heavy (non-hydrogen) atoms. The minimum absolute atomic E-state index is 0.578. The van der Waals surface area contributed by atoms with Crippen LogP contribution in [0.5, 0.6) is 0 Å². The van der Waals surface area contributed by atoms with Gasteiger partial charge < -0.3 is 10.3 Å². The van der Waals surface area contributed by atoms with Crippen molar-refractivity contribution in [1.29, 1.82) is 0 Å². The molecule has 0 saturated heterocycles. The lowest BCUT2D eigenvalue weighted by atomic mass is 10.6. The first-order chi connectivity index (χ1) is 5.85. The minimum atomic E-state index is -0.578. The highest BCUT2D eigenvalue weighted by Crippen LogP contribution is 2.01. The summed E-state index contributed by atoms with van der Waals surface area (Å²) in [6.45, 7) is 8.81. The molecule has 0 aliphatic heterocycles. The molecular formula is C9H24N2Si. The number of rotatable bonds is 8. The average molecular weight is 188 g/mol. The third kappa shape index (κ3) is 6.82. The van der Waals surface area contributed by atoms with Crippen molar-refractivity contribution >= 4 is 8.96 Å². The van der Waals surface area contributed by atoms with Crippen LogP contribution in [0.25, 0.3) is 0 Å². The number of hydrogen-bond acceptors (Lipinski definition) is 2. The topological polar surface area (TPSA) is 24.1 Å². The number of hydrogen-bond donors (Lipinski definition) is 2. The van der Waals surface area contributed by atoms with Crippen LogP contribution in [-0.4, -0.2) is 22.2 Å². The van der Waals surface area contributed by atoms with E-state index in [4.69, 9.17) is 0 Å². The molecule has 0 unspecified atom stereocenters. The molecule has 2 nitrogen and oxygen atoms in total. The molecule has 0 rings (SSSR count). The summed E-state index contributed by atoms with van der Waals surface area (Å²) in [4.78, 5) is 3.65. The highest BCUT2D eigenvalue weighted by molar-refractivity contribution is 6.55. The Morgan fingerprint density at radius 3 is 2.00 bits per heavy atom. The Labute approximate surface area is 78.8 Å². The highest BCUT2D eigenvalue weighted by atomic mass is 28.3. The lowest BCUT2D eigenvalue weighted by molar-refractivity contribution is 0.692. The molecule has 0 aliphatic rings. The fourth-order valence-electron chi connectivity index (χ4n) is 1.39. The smallest absolute Gasteiger partial charge is 0.110 e. The zero-order valence-electron chi connectivity index (χ0n) is 8.82. The molecule has 0 amide bonds. The third-order valence-corrected chi connectivity index (χ3v) is 5.37. The average Bonchev–Trinajstić information content (AvgIpc) is 2.06. The molecular weight excluding hydrogens is 164 g/mol. The summed E-state index contributed by atoms with van der Waals surface area (Å²) in [5, 5.41) is 3.32. The molecule has 0 spiro atoms. The molecule has 0 atom stereocenters. The Kier molecular flexibility index (Phi) is 9.33. The maximum absolute atomic E-state index is 3.65. The molecule has 0 bridgehead atoms. The van der Waals surface area contributed by atoms with Crippen molar-refractivity contribution in [1.82, 2.24) is 10.3 Å². The molecule has 0 aromatic carbocycles.